The fourth-order valence-corrected chi connectivity index (χ4v) is 3.08. The molecule has 0 saturated carbocycles. The predicted molar refractivity (Wildman–Crippen MR) is 96.7 cm³/mol. The molecule has 1 saturated heterocycles. The van der Waals surface area contributed by atoms with Gasteiger partial charge in [0.2, 0.25) is 0 Å². The van der Waals surface area contributed by atoms with E-state index in [1.807, 2.05) is 31.2 Å². The molecule has 1 aliphatic heterocycles. The summed E-state index contributed by atoms with van der Waals surface area (Å²) in [5.74, 6) is 0.708. The molecule has 0 aliphatic carbocycles. The lowest BCUT2D eigenvalue weighted by Gasteiger charge is -2.29. The first-order valence-electron chi connectivity index (χ1n) is 9.12. The van der Waals surface area contributed by atoms with Crippen LogP contribution in [0, 0.1) is 6.92 Å². The molecule has 2 N–H and O–H groups in total. The van der Waals surface area contributed by atoms with E-state index in [1.54, 1.807) is 4.68 Å². The Labute approximate surface area is 153 Å². The molecule has 0 bridgehead atoms. The largest absolute Gasteiger partial charge is 0.393 e. The van der Waals surface area contributed by atoms with Gasteiger partial charge in [-0.1, -0.05) is 12.1 Å². The summed E-state index contributed by atoms with van der Waals surface area (Å²) >= 11 is 0. The van der Waals surface area contributed by atoms with Gasteiger partial charge in [-0.25, -0.2) is 4.68 Å². The Kier molecular flexibility index (Phi) is 6.30. The third kappa shape index (κ3) is 5.09. The second-order valence-electron chi connectivity index (χ2n) is 6.76. The summed E-state index contributed by atoms with van der Waals surface area (Å²) in [4.78, 5) is 14.6. The Morgan fingerprint density at radius 1 is 1.27 bits per heavy atom. The highest BCUT2D eigenvalue weighted by atomic mass is 16.3. The summed E-state index contributed by atoms with van der Waals surface area (Å²) in [5.41, 5.74) is 1.70. The molecule has 26 heavy (non-hydrogen) atoms. The molecule has 2 aromatic rings. The van der Waals surface area contributed by atoms with Crippen LogP contribution in [-0.4, -0.2) is 68.4 Å². The third-order valence-electron chi connectivity index (χ3n) is 4.75. The van der Waals surface area contributed by atoms with Crippen LogP contribution in [-0.2, 0) is 6.54 Å². The average Bonchev–Trinajstić information content (AvgIpc) is 3.05. The molecule has 140 valence electrons. The van der Waals surface area contributed by atoms with Crippen molar-refractivity contribution in [3.63, 3.8) is 0 Å². The van der Waals surface area contributed by atoms with Crippen molar-refractivity contribution in [2.75, 3.05) is 26.2 Å². The monoisotopic (exact) mass is 358 g/mol. The first kappa shape index (κ1) is 18.5. The highest BCUT2D eigenvalue weighted by Crippen LogP contribution is 2.10. The molecule has 0 unspecified atom stereocenters. The summed E-state index contributed by atoms with van der Waals surface area (Å²) < 4.78 is 1.72. The number of benzene rings is 1. The second-order valence-corrected chi connectivity index (χ2v) is 6.76. The number of piperidine rings is 1. The van der Waals surface area contributed by atoms with Crippen molar-refractivity contribution >= 4 is 5.91 Å². The number of amides is 1. The van der Waals surface area contributed by atoms with E-state index in [0.29, 0.717) is 18.7 Å². The minimum atomic E-state index is -0.140. The van der Waals surface area contributed by atoms with Crippen LogP contribution in [0.1, 0.15) is 41.0 Å². The molecule has 1 aliphatic rings. The van der Waals surface area contributed by atoms with Crippen molar-refractivity contribution < 1.29 is 9.90 Å². The van der Waals surface area contributed by atoms with Gasteiger partial charge in [0.25, 0.3) is 5.91 Å². The number of hydrogen-bond donors (Lipinski definition) is 2. The van der Waals surface area contributed by atoms with Crippen molar-refractivity contribution in [3.05, 3.63) is 41.2 Å². The fraction of sp³-hybridized carbons (Fsp3) is 0.556. The first-order chi connectivity index (χ1) is 12.6. The lowest BCUT2D eigenvalue weighted by Crippen LogP contribution is -2.37. The summed E-state index contributed by atoms with van der Waals surface area (Å²) in [7, 11) is 0. The fourth-order valence-electron chi connectivity index (χ4n) is 3.08. The number of aliphatic hydroxyl groups is 1. The second kappa shape index (κ2) is 8.86. The quantitative estimate of drug-likeness (QED) is 0.704. The van der Waals surface area contributed by atoms with Gasteiger partial charge in [0.15, 0.2) is 0 Å². The highest BCUT2D eigenvalue weighted by molar-refractivity contribution is 5.94. The van der Waals surface area contributed by atoms with Crippen LogP contribution in [0.4, 0.5) is 0 Å². The molecule has 8 nitrogen and oxygen atoms in total. The SMILES string of the molecule is Cc1nnnn1Cc1ccc(C(=O)NCCCN2CCC(O)CC2)cc1. The van der Waals surface area contributed by atoms with Crippen LogP contribution in [0.2, 0.25) is 0 Å². The summed E-state index contributed by atoms with van der Waals surface area (Å²) in [5, 5.41) is 23.9. The molecule has 8 heteroatoms. The van der Waals surface area contributed by atoms with Crippen molar-refractivity contribution in [1.82, 2.24) is 30.4 Å². The van der Waals surface area contributed by atoms with Crippen LogP contribution in [0.3, 0.4) is 0 Å². The van der Waals surface area contributed by atoms with Gasteiger partial charge < -0.3 is 15.3 Å². The smallest absolute Gasteiger partial charge is 0.251 e. The molecule has 3 rings (SSSR count). The van der Waals surface area contributed by atoms with Crippen molar-refractivity contribution in [2.45, 2.75) is 38.8 Å². The zero-order chi connectivity index (χ0) is 18.4. The van der Waals surface area contributed by atoms with Gasteiger partial charge in [-0.3, -0.25) is 4.79 Å². The summed E-state index contributed by atoms with van der Waals surface area (Å²) in [6, 6.07) is 7.51. The maximum atomic E-state index is 12.2. The maximum Gasteiger partial charge on any atom is 0.251 e. The van der Waals surface area contributed by atoms with E-state index in [2.05, 4.69) is 25.7 Å². The number of tetrazole rings is 1. The van der Waals surface area contributed by atoms with Crippen LogP contribution in [0.15, 0.2) is 24.3 Å². The van der Waals surface area contributed by atoms with Crippen LogP contribution in [0.5, 0.6) is 0 Å². The van der Waals surface area contributed by atoms with Gasteiger partial charge in [-0.15, -0.1) is 5.10 Å². The number of aliphatic hydroxyl groups excluding tert-OH is 1. The number of likely N-dealkylation sites (tertiary alicyclic amines) is 1. The van der Waals surface area contributed by atoms with Gasteiger partial charge in [0.1, 0.15) is 5.82 Å². The number of carbonyl (C=O) groups excluding carboxylic acids is 1. The number of hydrogen-bond acceptors (Lipinski definition) is 6. The predicted octanol–water partition coefficient (Wildman–Crippen LogP) is 0.606. The standard InChI is InChI=1S/C18H26N6O2/c1-14-20-21-22-24(14)13-15-3-5-16(6-4-15)18(26)19-9-2-10-23-11-7-17(25)8-12-23/h3-6,17,25H,2,7-13H2,1H3,(H,19,26). The van der Waals surface area contributed by atoms with Gasteiger partial charge in [0, 0.05) is 25.2 Å². The van der Waals surface area contributed by atoms with Gasteiger partial charge in [0.05, 0.1) is 12.6 Å². The van der Waals surface area contributed by atoms with Gasteiger partial charge in [-0.2, -0.15) is 0 Å². The van der Waals surface area contributed by atoms with E-state index in [0.717, 1.165) is 50.3 Å². The van der Waals surface area contributed by atoms with E-state index >= 15 is 0 Å². The molecule has 2 heterocycles. The van der Waals surface area contributed by atoms with Crippen LogP contribution in [0.25, 0.3) is 0 Å². The normalized spacial score (nSPS) is 15.9. The lowest BCUT2D eigenvalue weighted by molar-refractivity contribution is 0.0816. The Balaban J connectivity index is 1.40. The molecule has 0 radical (unpaired) electrons. The molecule has 1 fully saturated rings. The Bertz CT molecular complexity index is 707. The van der Waals surface area contributed by atoms with E-state index < -0.39 is 0 Å². The lowest BCUT2D eigenvalue weighted by atomic mass is 10.1. The molecule has 1 amide bonds. The Hall–Kier alpha value is -2.32. The zero-order valence-corrected chi connectivity index (χ0v) is 15.1. The van der Waals surface area contributed by atoms with E-state index in [-0.39, 0.29) is 12.0 Å². The van der Waals surface area contributed by atoms with Gasteiger partial charge >= 0.3 is 0 Å². The summed E-state index contributed by atoms with van der Waals surface area (Å²) in [6.07, 6.45) is 2.48. The van der Waals surface area contributed by atoms with Crippen molar-refractivity contribution in [1.29, 1.82) is 0 Å². The average molecular weight is 358 g/mol. The number of rotatable bonds is 7. The van der Waals surface area contributed by atoms with Crippen LogP contribution < -0.4 is 5.32 Å². The molecule has 1 aromatic heterocycles. The van der Waals surface area contributed by atoms with E-state index in [9.17, 15) is 9.90 Å². The minimum absolute atomic E-state index is 0.0516. The molecule has 0 spiro atoms. The Morgan fingerprint density at radius 2 is 2.00 bits per heavy atom. The minimum Gasteiger partial charge on any atom is -0.393 e. The third-order valence-corrected chi connectivity index (χ3v) is 4.75. The highest BCUT2D eigenvalue weighted by Gasteiger charge is 2.16. The molecular weight excluding hydrogens is 332 g/mol. The number of nitrogens with one attached hydrogen (secondary N) is 1. The van der Waals surface area contributed by atoms with Crippen LogP contribution >= 0.6 is 0 Å². The number of nitrogens with zero attached hydrogens (tertiary/aromatic N) is 5. The van der Waals surface area contributed by atoms with Crippen molar-refractivity contribution in [2.24, 2.45) is 0 Å². The number of aryl methyl sites for hydroxylation is 1. The van der Waals surface area contributed by atoms with Crippen molar-refractivity contribution in [3.8, 4) is 0 Å². The molecule has 1 aromatic carbocycles. The van der Waals surface area contributed by atoms with E-state index in [4.69, 9.17) is 0 Å². The summed E-state index contributed by atoms with van der Waals surface area (Å²) in [6.45, 7) is 5.94. The zero-order valence-electron chi connectivity index (χ0n) is 15.1. The van der Waals surface area contributed by atoms with E-state index in [1.165, 1.54) is 0 Å². The molecular formula is C18H26N6O2. The van der Waals surface area contributed by atoms with Gasteiger partial charge in [-0.05, 0) is 60.9 Å². The number of carbonyl (C=O) groups is 1. The Morgan fingerprint density at radius 3 is 2.65 bits per heavy atom. The topological polar surface area (TPSA) is 96.2 Å². The maximum absolute atomic E-state index is 12.2. The molecule has 0 atom stereocenters. The number of aromatic nitrogens is 4. The first-order valence-corrected chi connectivity index (χ1v) is 9.12.